The van der Waals surface area contributed by atoms with Crippen LogP contribution in [0.15, 0.2) is 67.0 Å². The number of benzene rings is 1. The van der Waals surface area contributed by atoms with Crippen molar-refractivity contribution in [2.75, 3.05) is 0 Å². The van der Waals surface area contributed by atoms with Crippen LogP contribution in [0.3, 0.4) is 0 Å². The van der Waals surface area contributed by atoms with Crippen LogP contribution in [0, 0.1) is 0 Å². The highest BCUT2D eigenvalue weighted by Gasteiger charge is 2.01. The van der Waals surface area contributed by atoms with Gasteiger partial charge in [-0.1, -0.05) is 43.3 Å². The van der Waals surface area contributed by atoms with Crippen molar-refractivity contribution in [2.24, 2.45) is 0 Å². The van der Waals surface area contributed by atoms with Crippen molar-refractivity contribution < 1.29 is 4.74 Å². The van der Waals surface area contributed by atoms with Gasteiger partial charge in [-0.25, -0.2) is 0 Å². The highest BCUT2D eigenvalue weighted by Crippen LogP contribution is 2.18. The normalized spacial score (nSPS) is 10.7. The van der Waals surface area contributed by atoms with Crippen LogP contribution in [-0.2, 0) is 24.4 Å². The zero-order chi connectivity index (χ0) is 15.9. The number of ether oxygens (including phenoxy) is 1. The average Bonchev–Trinajstić information content (AvgIpc) is 2.63. The smallest absolute Gasteiger partial charge is 0.0892 e. The minimum atomic E-state index is 0.515. The van der Waals surface area contributed by atoms with Crippen molar-refractivity contribution in [1.82, 2.24) is 9.97 Å². The predicted molar refractivity (Wildman–Crippen MR) is 91.8 cm³/mol. The van der Waals surface area contributed by atoms with E-state index in [9.17, 15) is 0 Å². The summed E-state index contributed by atoms with van der Waals surface area (Å²) in [5.41, 5.74) is 5.47. The van der Waals surface area contributed by atoms with Crippen LogP contribution < -0.4 is 0 Å². The fraction of sp³-hybridized carbons (Fsp3) is 0.200. The second-order valence-electron chi connectivity index (χ2n) is 5.42. The number of aromatic nitrogens is 2. The minimum absolute atomic E-state index is 0.515. The molecule has 0 amide bonds. The predicted octanol–water partition coefficient (Wildman–Crippen LogP) is 4.42. The van der Waals surface area contributed by atoms with Crippen LogP contribution >= 0.6 is 0 Å². The van der Waals surface area contributed by atoms with Gasteiger partial charge in [-0.05, 0) is 35.7 Å². The summed E-state index contributed by atoms with van der Waals surface area (Å²) in [6, 6.07) is 18.5. The molecule has 0 atom stereocenters. The molecule has 116 valence electrons. The standard InChI is InChI=1S/C20H20N2O/c1-2-16-6-9-18(10-7-16)20-11-8-17(13-22-20)14-23-15-19-5-3-4-12-21-19/h3-13H,2,14-15H2,1H3. The van der Waals surface area contributed by atoms with Gasteiger partial charge in [0.05, 0.1) is 24.6 Å². The zero-order valence-electron chi connectivity index (χ0n) is 13.3. The first-order valence-corrected chi connectivity index (χ1v) is 7.87. The molecule has 0 aliphatic carbocycles. The number of hydrogen-bond donors (Lipinski definition) is 0. The summed E-state index contributed by atoms with van der Waals surface area (Å²) >= 11 is 0. The summed E-state index contributed by atoms with van der Waals surface area (Å²) in [6.07, 6.45) is 4.71. The van der Waals surface area contributed by atoms with Gasteiger partial charge in [-0.3, -0.25) is 9.97 Å². The fourth-order valence-electron chi connectivity index (χ4n) is 2.35. The Hall–Kier alpha value is -2.52. The summed E-state index contributed by atoms with van der Waals surface area (Å²) in [5.74, 6) is 0. The maximum Gasteiger partial charge on any atom is 0.0892 e. The Kier molecular flexibility index (Phi) is 5.12. The first kappa shape index (κ1) is 15.4. The van der Waals surface area contributed by atoms with E-state index in [-0.39, 0.29) is 0 Å². The third-order valence-electron chi connectivity index (χ3n) is 3.73. The maximum absolute atomic E-state index is 5.68. The molecule has 1 aromatic carbocycles. The number of pyridine rings is 2. The van der Waals surface area contributed by atoms with Crippen LogP contribution in [0.25, 0.3) is 11.3 Å². The maximum atomic E-state index is 5.68. The quantitative estimate of drug-likeness (QED) is 0.676. The Labute approximate surface area is 137 Å². The van der Waals surface area contributed by atoms with Gasteiger partial charge in [0, 0.05) is 18.0 Å². The summed E-state index contributed by atoms with van der Waals surface area (Å²) in [4.78, 5) is 8.77. The van der Waals surface area contributed by atoms with Crippen molar-refractivity contribution in [3.63, 3.8) is 0 Å². The molecule has 3 aromatic rings. The molecule has 0 aliphatic heterocycles. The SMILES string of the molecule is CCc1ccc(-c2ccc(COCc3ccccn3)cn2)cc1. The molecular weight excluding hydrogens is 284 g/mol. The molecular formula is C20H20N2O. The average molecular weight is 304 g/mol. The Balaban J connectivity index is 1.58. The lowest BCUT2D eigenvalue weighted by Gasteiger charge is -2.06. The first-order valence-electron chi connectivity index (χ1n) is 7.87. The summed E-state index contributed by atoms with van der Waals surface area (Å²) in [7, 11) is 0. The highest BCUT2D eigenvalue weighted by atomic mass is 16.5. The lowest BCUT2D eigenvalue weighted by molar-refractivity contribution is 0.104. The van der Waals surface area contributed by atoms with Crippen LogP contribution in [0.4, 0.5) is 0 Å². The minimum Gasteiger partial charge on any atom is -0.370 e. The lowest BCUT2D eigenvalue weighted by atomic mass is 10.1. The molecule has 0 aliphatic rings. The van der Waals surface area contributed by atoms with Crippen LogP contribution in [0.2, 0.25) is 0 Å². The highest BCUT2D eigenvalue weighted by molar-refractivity contribution is 5.59. The lowest BCUT2D eigenvalue weighted by Crippen LogP contribution is -1.97. The zero-order valence-corrected chi connectivity index (χ0v) is 13.3. The molecule has 3 rings (SSSR count). The number of aryl methyl sites for hydroxylation is 1. The van der Waals surface area contributed by atoms with Gasteiger partial charge in [-0.15, -0.1) is 0 Å². The number of hydrogen-bond acceptors (Lipinski definition) is 3. The van der Waals surface area contributed by atoms with Crippen LogP contribution in [0.1, 0.15) is 23.7 Å². The second kappa shape index (κ2) is 7.65. The van der Waals surface area contributed by atoms with Gasteiger partial charge < -0.3 is 4.74 Å². The molecule has 0 N–H and O–H groups in total. The molecule has 0 unspecified atom stereocenters. The van der Waals surface area contributed by atoms with Gasteiger partial charge in [0.1, 0.15) is 0 Å². The van der Waals surface area contributed by atoms with E-state index >= 15 is 0 Å². The Morgan fingerprint density at radius 3 is 2.30 bits per heavy atom. The topological polar surface area (TPSA) is 35.0 Å². The molecule has 0 radical (unpaired) electrons. The third kappa shape index (κ3) is 4.24. The Morgan fingerprint density at radius 2 is 1.65 bits per heavy atom. The largest absolute Gasteiger partial charge is 0.370 e. The molecule has 2 heterocycles. The number of nitrogens with zero attached hydrogens (tertiary/aromatic N) is 2. The van der Waals surface area contributed by atoms with E-state index in [1.54, 1.807) is 6.20 Å². The summed E-state index contributed by atoms with van der Waals surface area (Å²) < 4.78 is 5.68. The van der Waals surface area contributed by atoms with E-state index in [0.717, 1.165) is 28.9 Å². The fourth-order valence-corrected chi connectivity index (χ4v) is 2.35. The molecule has 0 bridgehead atoms. The van der Waals surface area contributed by atoms with E-state index in [2.05, 4.69) is 47.2 Å². The third-order valence-corrected chi connectivity index (χ3v) is 3.73. The van der Waals surface area contributed by atoms with Crippen molar-refractivity contribution in [3.05, 3.63) is 83.8 Å². The van der Waals surface area contributed by atoms with Crippen LogP contribution in [0.5, 0.6) is 0 Å². The van der Waals surface area contributed by atoms with E-state index < -0.39 is 0 Å². The van der Waals surface area contributed by atoms with Crippen molar-refractivity contribution in [3.8, 4) is 11.3 Å². The van der Waals surface area contributed by atoms with Crippen molar-refractivity contribution in [1.29, 1.82) is 0 Å². The van der Waals surface area contributed by atoms with Gasteiger partial charge in [0.25, 0.3) is 0 Å². The first-order chi connectivity index (χ1) is 11.3. The Bertz CT molecular complexity index is 722. The molecule has 0 fully saturated rings. The molecule has 23 heavy (non-hydrogen) atoms. The molecule has 3 nitrogen and oxygen atoms in total. The van der Waals surface area contributed by atoms with Crippen molar-refractivity contribution in [2.45, 2.75) is 26.6 Å². The number of rotatable bonds is 6. The van der Waals surface area contributed by atoms with E-state index in [1.165, 1.54) is 5.56 Å². The molecule has 0 spiro atoms. The van der Waals surface area contributed by atoms with Gasteiger partial charge >= 0.3 is 0 Å². The monoisotopic (exact) mass is 304 g/mol. The second-order valence-corrected chi connectivity index (χ2v) is 5.42. The van der Waals surface area contributed by atoms with Gasteiger partial charge in [-0.2, -0.15) is 0 Å². The Morgan fingerprint density at radius 1 is 0.826 bits per heavy atom. The molecule has 0 saturated carbocycles. The van der Waals surface area contributed by atoms with E-state index in [4.69, 9.17) is 4.74 Å². The summed E-state index contributed by atoms with van der Waals surface area (Å²) in [6.45, 7) is 3.21. The molecule has 2 aromatic heterocycles. The van der Waals surface area contributed by atoms with E-state index in [0.29, 0.717) is 13.2 Å². The molecule has 3 heteroatoms. The van der Waals surface area contributed by atoms with Crippen molar-refractivity contribution >= 4 is 0 Å². The van der Waals surface area contributed by atoms with Crippen LogP contribution in [-0.4, -0.2) is 9.97 Å². The van der Waals surface area contributed by atoms with E-state index in [1.807, 2.05) is 30.5 Å². The van der Waals surface area contributed by atoms with Gasteiger partial charge in [0.15, 0.2) is 0 Å². The van der Waals surface area contributed by atoms with Gasteiger partial charge in [0.2, 0.25) is 0 Å². The molecule has 0 saturated heterocycles. The summed E-state index contributed by atoms with van der Waals surface area (Å²) in [5, 5.41) is 0.